The minimum atomic E-state index is -0.304. The van der Waals surface area contributed by atoms with Crippen molar-refractivity contribution in [2.45, 2.75) is 25.9 Å². The number of esters is 1. The van der Waals surface area contributed by atoms with Gasteiger partial charge >= 0.3 is 5.97 Å². The molecule has 0 saturated carbocycles. The highest BCUT2D eigenvalue weighted by Crippen LogP contribution is 2.28. The maximum atomic E-state index is 11.0. The third kappa shape index (κ3) is 2.31. The predicted molar refractivity (Wildman–Crippen MR) is 49.3 cm³/mol. The molecule has 1 aliphatic heterocycles. The molecule has 13 heavy (non-hydrogen) atoms. The number of hydrogen-bond donors (Lipinski definition) is 0. The molecular formula is C10H16O3. The summed E-state index contributed by atoms with van der Waals surface area (Å²) in [6.07, 6.45) is 2.01. The molecule has 1 saturated heterocycles. The first-order valence-electron chi connectivity index (χ1n) is 4.56. The van der Waals surface area contributed by atoms with Crippen LogP contribution in [-0.2, 0) is 14.3 Å². The van der Waals surface area contributed by atoms with Crippen LogP contribution >= 0.6 is 0 Å². The predicted octanol–water partition coefficient (Wildman–Crippen LogP) is 1.53. The number of rotatable bonds is 4. The van der Waals surface area contributed by atoms with Gasteiger partial charge in [-0.15, -0.1) is 0 Å². The number of carbonyl (C=O) groups is 1. The van der Waals surface area contributed by atoms with E-state index in [4.69, 9.17) is 4.74 Å². The molecule has 1 fully saturated rings. The summed E-state index contributed by atoms with van der Waals surface area (Å²) in [7, 11) is 1.38. The molecule has 2 atom stereocenters. The van der Waals surface area contributed by atoms with Crippen molar-refractivity contribution in [2.24, 2.45) is 5.92 Å². The Labute approximate surface area is 78.7 Å². The van der Waals surface area contributed by atoms with Gasteiger partial charge in [-0.2, -0.15) is 0 Å². The monoisotopic (exact) mass is 184 g/mol. The Morgan fingerprint density at radius 1 is 1.69 bits per heavy atom. The van der Waals surface area contributed by atoms with Gasteiger partial charge in [0.05, 0.1) is 19.8 Å². The summed E-state index contributed by atoms with van der Waals surface area (Å²) in [6, 6.07) is 0. The van der Waals surface area contributed by atoms with Crippen molar-refractivity contribution >= 4 is 5.97 Å². The topological polar surface area (TPSA) is 35.5 Å². The molecule has 0 aromatic rings. The van der Waals surface area contributed by atoms with E-state index in [0.29, 0.717) is 24.0 Å². The highest BCUT2D eigenvalue weighted by Gasteiger charge is 2.31. The fourth-order valence-electron chi connectivity index (χ4n) is 1.55. The van der Waals surface area contributed by atoms with E-state index in [1.165, 1.54) is 7.11 Å². The lowest BCUT2D eigenvalue weighted by Gasteiger charge is -2.36. The van der Waals surface area contributed by atoms with Crippen molar-refractivity contribution in [3.8, 4) is 0 Å². The summed E-state index contributed by atoms with van der Waals surface area (Å²) in [5.41, 5.74) is 0.550. The zero-order valence-electron chi connectivity index (χ0n) is 8.21. The molecule has 0 bridgehead atoms. The fourth-order valence-corrected chi connectivity index (χ4v) is 1.55. The van der Waals surface area contributed by atoms with Gasteiger partial charge in [0, 0.05) is 11.5 Å². The molecular weight excluding hydrogens is 168 g/mol. The van der Waals surface area contributed by atoms with Crippen LogP contribution in [0.2, 0.25) is 0 Å². The Balaban J connectivity index is 2.32. The number of methoxy groups -OCH3 is 1. The van der Waals surface area contributed by atoms with Crippen molar-refractivity contribution < 1.29 is 14.3 Å². The van der Waals surface area contributed by atoms with E-state index >= 15 is 0 Å². The second-order valence-electron chi connectivity index (χ2n) is 3.34. The number of hydrogen-bond acceptors (Lipinski definition) is 3. The molecule has 0 aromatic carbocycles. The lowest BCUT2D eigenvalue weighted by molar-refractivity contribution is -0.138. The van der Waals surface area contributed by atoms with E-state index in [1.807, 2.05) is 0 Å². The van der Waals surface area contributed by atoms with Gasteiger partial charge in [-0.1, -0.05) is 13.5 Å². The second kappa shape index (κ2) is 4.42. The zero-order valence-corrected chi connectivity index (χ0v) is 8.21. The molecule has 3 heteroatoms. The quantitative estimate of drug-likeness (QED) is 0.491. The van der Waals surface area contributed by atoms with Crippen molar-refractivity contribution in [2.75, 3.05) is 13.7 Å². The molecule has 0 aliphatic carbocycles. The van der Waals surface area contributed by atoms with E-state index in [9.17, 15) is 4.79 Å². The van der Waals surface area contributed by atoms with Gasteiger partial charge in [-0.3, -0.25) is 0 Å². The molecule has 1 aliphatic rings. The minimum Gasteiger partial charge on any atom is -0.466 e. The summed E-state index contributed by atoms with van der Waals surface area (Å²) >= 11 is 0. The van der Waals surface area contributed by atoms with Crippen LogP contribution in [0.5, 0.6) is 0 Å². The largest absolute Gasteiger partial charge is 0.466 e. The summed E-state index contributed by atoms with van der Waals surface area (Å²) < 4.78 is 9.88. The Bertz CT molecular complexity index is 208. The molecule has 0 amide bonds. The minimum absolute atomic E-state index is 0.304. The Morgan fingerprint density at radius 3 is 2.77 bits per heavy atom. The van der Waals surface area contributed by atoms with Gasteiger partial charge in [-0.05, 0) is 12.8 Å². The van der Waals surface area contributed by atoms with E-state index in [1.54, 1.807) is 0 Å². The standard InChI is InChI=1S/C10H16O3/c1-4-9-8(6-13-9)5-7(2)10(11)12-3/h8-9H,2,4-6H2,1,3H3. The number of ether oxygens (including phenoxy) is 2. The smallest absolute Gasteiger partial charge is 0.333 e. The van der Waals surface area contributed by atoms with Gasteiger partial charge in [-0.25, -0.2) is 4.79 Å². The van der Waals surface area contributed by atoms with Gasteiger partial charge in [0.2, 0.25) is 0 Å². The van der Waals surface area contributed by atoms with Crippen molar-refractivity contribution in [1.29, 1.82) is 0 Å². The first-order chi connectivity index (χ1) is 6.19. The second-order valence-corrected chi connectivity index (χ2v) is 3.34. The van der Waals surface area contributed by atoms with Crippen molar-refractivity contribution in [3.63, 3.8) is 0 Å². The van der Waals surface area contributed by atoms with Crippen LogP contribution in [0.25, 0.3) is 0 Å². The summed E-state index contributed by atoms with van der Waals surface area (Å²) in [4.78, 5) is 11.0. The molecule has 74 valence electrons. The van der Waals surface area contributed by atoms with Crippen LogP contribution in [-0.4, -0.2) is 25.8 Å². The van der Waals surface area contributed by atoms with Crippen LogP contribution in [0.4, 0.5) is 0 Å². The van der Waals surface area contributed by atoms with Crippen LogP contribution < -0.4 is 0 Å². The maximum absolute atomic E-state index is 11.0. The lowest BCUT2D eigenvalue weighted by Crippen LogP contribution is -2.39. The Kier molecular flexibility index (Phi) is 3.48. The molecule has 3 nitrogen and oxygen atoms in total. The average Bonchev–Trinajstić information content (AvgIpc) is 2.11. The van der Waals surface area contributed by atoms with Crippen molar-refractivity contribution in [1.82, 2.24) is 0 Å². The average molecular weight is 184 g/mol. The summed E-state index contributed by atoms with van der Waals surface area (Å²) in [5, 5.41) is 0. The van der Waals surface area contributed by atoms with Crippen LogP contribution in [0.15, 0.2) is 12.2 Å². The van der Waals surface area contributed by atoms with Crippen LogP contribution in [0, 0.1) is 5.92 Å². The molecule has 1 rings (SSSR count). The Morgan fingerprint density at radius 2 is 2.38 bits per heavy atom. The maximum Gasteiger partial charge on any atom is 0.333 e. The van der Waals surface area contributed by atoms with E-state index < -0.39 is 0 Å². The van der Waals surface area contributed by atoms with Gasteiger partial charge in [0.1, 0.15) is 0 Å². The SMILES string of the molecule is C=C(CC1COC1CC)C(=O)OC. The summed E-state index contributed by atoms with van der Waals surface area (Å²) in [6.45, 7) is 6.51. The Hall–Kier alpha value is -0.830. The van der Waals surface area contributed by atoms with Crippen LogP contribution in [0.3, 0.4) is 0 Å². The van der Waals surface area contributed by atoms with Gasteiger partial charge in [0.25, 0.3) is 0 Å². The first-order valence-corrected chi connectivity index (χ1v) is 4.56. The summed E-state index contributed by atoms with van der Waals surface area (Å²) in [5.74, 6) is 0.151. The highest BCUT2D eigenvalue weighted by atomic mass is 16.5. The van der Waals surface area contributed by atoms with Crippen molar-refractivity contribution in [3.05, 3.63) is 12.2 Å². The molecule has 0 spiro atoms. The molecule has 0 aromatic heterocycles. The first kappa shape index (κ1) is 10.3. The zero-order chi connectivity index (χ0) is 9.84. The third-order valence-electron chi connectivity index (χ3n) is 2.44. The van der Waals surface area contributed by atoms with Gasteiger partial charge in [0.15, 0.2) is 0 Å². The van der Waals surface area contributed by atoms with E-state index in [2.05, 4.69) is 18.2 Å². The molecule has 1 heterocycles. The fraction of sp³-hybridized carbons (Fsp3) is 0.700. The lowest BCUT2D eigenvalue weighted by atomic mass is 9.89. The molecule has 2 unspecified atom stereocenters. The normalized spacial score (nSPS) is 26.3. The van der Waals surface area contributed by atoms with E-state index in [0.717, 1.165) is 13.0 Å². The molecule has 0 N–H and O–H groups in total. The van der Waals surface area contributed by atoms with Crippen LogP contribution in [0.1, 0.15) is 19.8 Å². The van der Waals surface area contributed by atoms with E-state index in [-0.39, 0.29) is 5.97 Å². The highest BCUT2D eigenvalue weighted by molar-refractivity contribution is 5.87. The number of carbonyl (C=O) groups excluding carboxylic acids is 1. The third-order valence-corrected chi connectivity index (χ3v) is 2.44. The molecule has 0 radical (unpaired) electrons. The van der Waals surface area contributed by atoms with Gasteiger partial charge < -0.3 is 9.47 Å².